The molecular formula is C14H15ClN4S. The Hall–Kier alpha value is -1.46. The zero-order valence-corrected chi connectivity index (χ0v) is 12.9. The number of hydrogen-bond donors (Lipinski definition) is 1. The van der Waals surface area contributed by atoms with Gasteiger partial charge in [0.15, 0.2) is 0 Å². The lowest BCUT2D eigenvalue weighted by molar-refractivity contribution is 1.01. The van der Waals surface area contributed by atoms with Crippen LogP contribution in [0.4, 0.5) is 5.82 Å². The Balaban J connectivity index is 0.00000121. The average molecular weight is 307 g/mol. The molecule has 0 radical (unpaired) electrons. The summed E-state index contributed by atoms with van der Waals surface area (Å²) in [6.07, 6.45) is 4.39. The third-order valence-corrected chi connectivity index (χ3v) is 4.81. The Morgan fingerprint density at radius 1 is 1.25 bits per heavy atom. The number of hydrogen-bond acceptors (Lipinski definition) is 5. The van der Waals surface area contributed by atoms with E-state index in [2.05, 4.69) is 33.5 Å². The van der Waals surface area contributed by atoms with Gasteiger partial charge in [-0.2, -0.15) is 5.10 Å². The number of thiophene rings is 1. The van der Waals surface area contributed by atoms with E-state index in [1.54, 1.807) is 11.3 Å². The fourth-order valence-corrected chi connectivity index (χ4v) is 3.47. The maximum Gasteiger partial charge on any atom is 0.147 e. The molecule has 0 unspecified atom stereocenters. The number of pyridine rings is 1. The summed E-state index contributed by atoms with van der Waals surface area (Å²) in [5, 5.41) is 14.5. The number of fused-ring (bicyclic) bond motifs is 3. The van der Waals surface area contributed by atoms with Crippen LogP contribution in [-0.4, -0.2) is 21.2 Å². The van der Waals surface area contributed by atoms with Gasteiger partial charge in [-0.3, -0.25) is 0 Å². The van der Waals surface area contributed by atoms with Crippen molar-refractivity contribution in [3.63, 3.8) is 0 Å². The molecule has 6 heteroatoms. The first kappa shape index (κ1) is 13.5. The highest BCUT2D eigenvalue weighted by Crippen LogP contribution is 2.39. The molecule has 1 N–H and O–H groups in total. The monoisotopic (exact) mass is 306 g/mol. The average Bonchev–Trinajstić information content (AvgIpc) is 3.13. The molecule has 0 atom stereocenters. The van der Waals surface area contributed by atoms with E-state index in [1.807, 2.05) is 13.1 Å². The lowest BCUT2D eigenvalue weighted by Crippen LogP contribution is -2.02. The summed E-state index contributed by atoms with van der Waals surface area (Å²) in [4.78, 5) is 5.49. The molecule has 0 bridgehead atoms. The van der Waals surface area contributed by atoms with Crippen molar-refractivity contribution in [2.75, 3.05) is 5.32 Å². The van der Waals surface area contributed by atoms with E-state index in [0.717, 1.165) is 16.3 Å². The molecule has 1 aliphatic carbocycles. The van der Waals surface area contributed by atoms with Crippen LogP contribution in [0.3, 0.4) is 0 Å². The molecule has 0 aliphatic heterocycles. The number of nitrogens with one attached hydrogen (secondary N) is 1. The van der Waals surface area contributed by atoms with Crippen LogP contribution in [0.5, 0.6) is 0 Å². The summed E-state index contributed by atoms with van der Waals surface area (Å²) < 4.78 is 1.20. The number of rotatable bonds is 2. The Kier molecular flexibility index (Phi) is 3.26. The van der Waals surface area contributed by atoms with Crippen molar-refractivity contribution < 1.29 is 0 Å². The molecule has 104 valence electrons. The minimum absolute atomic E-state index is 0. The first-order chi connectivity index (χ1) is 9.24. The minimum atomic E-state index is 0. The van der Waals surface area contributed by atoms with Crippen molar-refractivity contribution in [1.29, 1.82) is 0 Å². The third kappa shape index (κ3) is 2.01. The van der Waals surface area contributed by atoms with E-state index in [4.69, 9.17) is 0 Å². The molecular weight excluding hydrogens is 292 g/mol. The molecule has 1 fully saturated rings. The van der Waals surface area contributed by atoms with Crippen LogP contribution in [0, 0.1) is 13.8 Å². The molecule has 0 saturated heterocycles. The van der Waals surface area contributed by atoms with Crippen LogP contribution in [0.15, 0.2) is 12.3 Å². The second-order valence-corrected chi connectivity index (χ2v) is 6.15. The predicted molar refractivity (Wildman–Crippen MR) is 86.1 cm³/mol. The first-order valence-corrected chi connectivity index (χ1v) is 7.33. The fourth-order valence-electron chi connectivity index (χ4n) is 2.34. The van der Waals surface area contributed by atoms with Crippen molar-refractivity contribution in [3.05, 3.63) is 23.5 Å². The second kappa shape index (κ2) is 4.82. The summed E-state index contributed by atoms with van der Waals surface area (Å²) in [7, 11) is 0. The van der Waals surface area contributed by atoms with Crippen LogP contribution in [-0.2, 0) is 0 Å². The largest absolute Gasteiger partial charge is 0.366 e. The van der Waals surface area contributed by atoms with E-state index in [9.17, 15) is 0 Å². The molecule has 0 aromatic carbocycles. The highest BCUT2D eigenvalue weighted by molar-refractivity contribution is 7.26. The molecule has 4 nitrogen and oxygen atoms in total. The zero-order chi connectivity index (χ0) is 13.0. The summed E-state index contributed by atoms with van der Waals surface area (Å²) in [6.45, 7) is 4.13. The summed E-state index contributed by atoms with van der Waals surface area (Å²) in [5.74, 6) is 1.00. The molecule has 3 aromatic heterocycles. The van der Waals surface area contributed by atoms with Crippen LogP contribution >= 0.6 is 23.7 Å². The van der Waals surface area contributed by atoms with Crippen molar-refractivity contribution >= 4 is 49.9 Å². The number of aromatic nitrogens is 3. The maximum absolute atomic E-state index is 4.49. The van der Waals surface area contributed by atoms with Gasteiger partial charge in [-0.1, -0.05) is 0 Å². The zero-order valence-electron chi connectivity index (χ0n) is 11.3. The van der Waals surface area contributed by atoms with Crippen molar-refractivity contribution in [1.82, 2.24) is 15.2 Å². The Bertz CT molecular complexity index is 795. The highest BCUT2D eigenvalue weighted by Gasteiger charge is 2.23. The smallest absolute Gasteiger partial charge is 0.147 e. The van der Waals surface area contributed by atoms with Crippen molar-refractivity contribution in [3.8, 4) is 0 Å². The molecule has 0 spiro atoms. The second-order valence-electron chi connectivity index (χ2n) is 5.15. The van der Waals surface area contributed by atoms with E-state index in [1.165, 1.54) is 33.9 Å². The minimum Gasteiger partial charge on any atom is -0.366 e. The summed E-state index contributed by atoms with van der Waals surface area (Å²) in [5.41, 5.74) is 2.22. The van der Waals surface area contributed by atoms with Crippen LogP contribution in [0.1, 0.15) is 24.1 Å². The molecule has 1 aliphatic rings. The van der Waals surface area contributed by atoms with Gasteiger partial charge in [-0.15, -0.1) is 28.8 Å². The predicted octanol–water partition coefficient (Wildman–Crippen LogP) is 3.85. The SMILES string of the molecule is Cc1nnc2sc3c(NC4CC4)nccc3c2c1C.Cl. The molecule has 20 heavy (non-hydrogen) atoms. The normalized spacial score (nSPS) is 14.5. The van der Waals surface area contributed by atoms with Gasteiger partial charge in [0.05, 0.1) is 10.4 Å². The van der Waals surface area contributed by atoms with Crippen LogP contribution in [0.25, 0.3) is 20.3 Å². The Morgan fingerprint density at radius 2 is 2.05 bits per heavy atom. The van der Waals surface area contributed by atoms with Gasteiger partial charge in [0, 0.05) is 23.0 Å². The fraction of sp³-hybridized carbons (Fsp3) is 0.357. The molecule has 3 heterocycles. The van der Waals surface area contributed by atoms with Gasteiger partial charge in [0.25, 0.3) is 0 Å². The van der Waals surface area contributed by atoms with Gasteiger partial charge in [-0.05, 0) is 38.3 Å². The number of anilines is 1. The van der Waals surface area contributed by atoms with Gasteiger partial charge < -0.3 is 5.32 Å². The van der Waals surface area contributed by atoms with E-state index < -0.39 is 0 Å². The molecule has 4 rings (SSSR count). The van der Waals surface area contributed by atoms with Crippen molar-refractivity contribution in [2.45, 2.75) is 32.7 Å². The van der Waals surface area contributed by atoms with Gasteiger partial charge in [0.1, 0.15) is 10.6 Å². The lowest BCUT2D eigenvalue weighted by Gasteiger charge is -2.04. The Labute approximate surface area is 127 Å². The van der Waals surface area contributed by atoms with E-state index in [-0.39, 0.29) is 12.4 Å². The van der Waals surface area contributed by atoms with Gasteiger partial charge in [-0.25, -0.2) is 4.98 Å². The van der Waals surface area contributed by atoms with Gasteiger partial charge in [0.2, 0.25) is 0 Å². The first-order valence-electron chi connectivity index (χ1n) is 6.51. The van der Waals surface area contributed by atoms with Crippen molar-refractivity contribution in [2.24, 2.45) is 0 Å². The molecule has 3 aromatic rings. The van der Waals surface area contributed by atoms with E-state index >= 15 is 0 Å². The van der Waals surface area contributed by atoms with Crippen LogP contribution in [0.2, 0.25) is 0 Å². The quantitative estimate of drug-likeness (QED) is 0.781. The highest BCUT2D eigenvalue weighted by atomic mass is 35.5. The number of halogens is 1. The molecule has 0 amide bonds. The Morgan fingerprint density at radius 3 is 2.80 bits per heavy atom. The van der Waals surface area contributed by atoms with E-state index in [0.29, 0.717) is 6.04 Å². The molecule has 1 saturated carbocycles. The topological polar surface area (TPSA) is 50.7 Å². The maximum atomic E-state index is 4.49. The number of aryl methyl sites for hydroxylation is 2. The third-order valence-electron chi connectivity index (χ3n) is 3.71. The summed E-state index contributed by atoms with van der Waals surface area (Å²) >= 11 is 1.68. The lowest BCUT2D eigenvalue weighted by atomic mass is 10.1. The standard InChI is InChI=1S/C14H14N4S.ClH/c1-7-8(2)17-18-14-11(7)10-5-6-15-13(12(10)19-14)16-9-3-4-9;/h5-6,9H,3-4H2,1-2H3,(H,15,16);1H. The number of nitrogens with zero attached hydrogens (tertiary/aromatic N) is 3. The van der Waals surface area contributed by atoms with Crippen LogP contribution < -0.4 is 5.32 Å². The summed E-state index contributed by atoms with van der Waals surface area (Å²) in [6, 6.07) is 2.69. The van der Waals surface area contributed by atoms with Gasteiger partial charge >= 0.3 is 0 Å².